The van der Waals surface area contributed by atoms with Crippen LogP contribution in [-0.4, -0.2) is 17.6 Å². The van der Waals surface area contributed by atoms with Gasteiger partial charge in [0.25, 0.3) is 0 Å². The lowest BCUT2D eigenvalue weighted by molar-refractivity contribution is -0.114. The molecule has 0 unspecified atom stereocenters. The molecule has 6 heteroatoms. The zero-order chi connectivity index (χ0) is 16.8. The van der Waals surface area contributed by atoms with Crippen molar-refractivity contribution >= 4 is 17.4 Å². The van der Waals surface area contributed by atoms with Gasteiger partial charge in [-0.3, -0.25) is 4.79 Å². The minimum Gasteiger partial charge on any atom is -0.457 e. The minimum absolute atomic E-state index is 0.105. The van der Waals surface area contributed by atoms with Gasteiger partial charge in [0.1, 0.15) is 17.3 Å². The average Bonchev–Trinajstić information content (AvgIpc) is 3.01. The summed E-state index contributed by atoms with van der Waals surface area (Å²) in [6.07, 6.45) is 0. The van der Waals surface area contributed by atoms with E-state index in [2.05, 4.69) is 15.8 Å². The lowest BCUT2D eigenvalue weighted by atomic mass is 10.3. The molecule has 0 aliphatic carbocycles. The Morgan fingerprint density at radius 2 is 1.79 bits per heavy atom. The molecule has 122 valence electrons. The third-order valence-electron chi connectivity index (χ3n) is 3.18. The molecule has 0 spiro atoms. The van der Waals surface area contributed by atoms with Gasteiger partial charge in [-0.1, -0.05) is 23.4 Å². The normalized spacial score (nSPS) is 10.2. The van der Waals surface area contributed by atoms with E-state index in [9.17, 15) is 4.79 Å². The topological polar surface area (TPSA) is 76.4 Å². The summed E-state index contributed by atoms with van der Waals surface area (Å²) in [6.45, 7) is 1.89. The van der Waals surface area contributed by atoms with Gasteiger partial charge in [-0.05, 0) is 43.3 Å². The Bertz CT molecular complexity index is 798. The fraction of sp³-hybridized carbons (Fsp3) is 0.111. The van der Waals surface area contributed by atoms with Gasteiger partial charge in [0.05, 0.1) is 6.54 Å². The van der Waals surface area contributed by atoms with Gasteiger partial charge < -0.3 is 19.9 Å². The summed E-state index contributed by atoms with van der Waals surface area (Å²) in [7, 11) is 0. The summed E-state index contributed by atoms with van der Waals surface area (Å²) in [5.41, 5.74) is 0.693. The zero-order valence-electron chi connectivity index (χ0n) is 13.2. The standard InChI is InChI=1S/C18H17N3O3/c1-13-11-17(21-24-13)19-12-18(22)20-14-7-9-16(10-8-14)23-15-5-3-2-4-6-15/h2-11H,12H2,1H3,(H,19,21)(H,20,22). The fourth-order valence-corrected chi connectivity index (χ4v) is 2.06. The number of carbonyl (C=O) groups is 1. The Morgan fingerprint density at radius 3 is 2.46 bits per heavy atom. The number of carbonyl (C=O) groups excluding carboxylic acids is 1. The van der Waals surface area contributed by atoms with Crippen molar-refractivity contribution in [1.82, 2.24) is 5.16 Å². The summed E-state index contributed by atoms with van der Waals surface area (Å²) in [6, 6.07) is 18.4. The van der Waals surface area contributed by atoms with Crippen molar-refractivity contribution in [3.8, 4) is 11.5 Å². The smallest absolute Gasteiger partial charge is 0.243 e. The van der Waals surface area contributed by atoms with Crippen LogP contribution in [0.3, 0.4) is 0 Å². The number of hydrogen-bond donors (Lipinski definition) is 2. The van der Waals surface area contributed by atoms with Crippen molar-refractivity contribution in [2.75, 3.05) is 17.2 Å². The van der Waals surface area contributed by atoms with E-state index in [1.54, 1.807) is 37.3 Å². The molecule has 0 bridgehead atoms. The Labute approximate surface area is 139 Å². The first-order valence-corrected chi connectivity index (χ1v) is 7.49. The molecule has 6 nitrogen and oxygen atoms in total. The highest BCUT2D eigenvalue weighted by Gasteiger charge is 2.05. The lowest BCUT2D eigenvalue weighted by Crippen LogP contribution is -2.21. The van der Waals surface area contributed by atoms with Gasteiger partial charge >= 0.3 is 0 Å². The third-order valence-corrected chi connectivity index (χ3v) is 3.18. The lowest BCUT2D eigenvalue weighted by Gasteiger charge is -2.08. The molecule has 0 aliphatic rings. The zero-order valence-corrected chi connectivity index (χ0v) is 13.2. The van der Waals surface area contributed by atoms with Crippen LogP contribution in [0.2, 0.25) is 0 Å². The number of aryl methyl sites for hydroxylation is 1. The fourth-order valence-electron chi connectivity index (χ4n) is 2.06. The molecule has 2 aromatic carbocycles. The van der Waals surface area contributed by atoms with Gasteiger partial charge in [-0.15, -0.1) is 0 Å². The molecule has 3 aromatic rings. The second-order valence-electron chi connectivity index (χ2n) is 5.16. The highest BCUT2D eigenvalue weighted by atomic mass is 16.5. The van der Waals surface area contributed by atoms with Crippen LogP contribution in [0.4, 0.5) is 11.5 Å². The van der Waals surface area contributed by atoms with Crippen LogP contribution in [0.15, 0.2) is 65.2 Å². The number of rotatable bonds is 6. The molecule has 0 fully saturated rings. The van der Waals surface area contributed by atoms with E-state index in [4.69, 9.17) is 9.26 Å². The predicted octanol–water partition coefficient (Wildman–Crippen LogP) is 3.83. The summed E-state index contributed by atoms with van der Waals surface area (Å²) in [5.74, 6) is 2.52. The monoisotopic (exact) mass is 323 g/mol. The number of nitrogens with zero attached hydrogens (tertiary/aromatic N) is 1. The molecular formula is C18H17N3O3. The Morgan fingerprint density at radius 1 is 1.08 bits per heavy atom. The number of hydrogen-bond acceptors (Lipinski definition) is 5. The predicted molar refractivity (Wildman–Crippen MR) is 91.3 cm³/mol. The van der Waals surface area contributed by atoms with Crippen LogP contribution in [0.1, 0.15) is 5.76 Å². The number of aromatic nitrogens is 1. The van der Waals surface area contributed by atoms with Crippen LogP contribution in [0.25, 0.3) is 0 Å². The number of amides is 1. The molecule has 24 heavy (non-hydrogen) atoms. The third kappa shape index (κ3) is 4.36. The van der Waals surface area contributed by atoms with Crippen LogP contribution in [-0.2, 0) is 4.79 Å². The van der Waals surface area contributed by atoms with Crippen molar-refractivity contribution in [2.24, 2.45) is 0 Å². The summed E-state index contributed by atoms with van der Waals surface area (Å²) in [4.78, 5) is 11.9. The number of nitrogens with one attached hydrogen (secondary N) is 2. The van der Waals surface area contributed by atoms with E-state index < -0.39 is 0 Å². The van der Waals surface area contributed by atoms with Gasteiger partial charge in [-0.25, -0.2) is 0 Å². The molecule has 0 radical (unpaired) electrons. The number of benzene rings is 2. The highest BCUT2D eigenvalue weighted by Crippen LogP contribution is 2.22. The maximum atomic E-state index is 11.9. The second kappa shape index (κ2) is 7.32. The molecule has 0 atom stereocenters. The van der Waals surface area contributed by atoms with Crippen molar-refractivity contribution in [3.63, 3.8) is 0 Å². The summed E-state index contributed by atoms with van der Waals surface area (Å²) in [5, 5.41) is 9.45. The van der Waals surface area contributed by atoms with E-state index in [0.717, 1.165) is 5.75 Å². The maximum absolute atomic E-state index is 11.9. The van der Waals surface area contributed by atoms with Crippen LogP contribution < -0.4 is 15.4 Å². The summed E-state index contributed by atoms with van der Waals surface area (Å²) < 4.78 is 10.6. The molecule has 2 N–H and O–H groups in total. The molecule has 0 saturated heterocycles. The SMILES string of the molecule is Cc1cc(NCC(=O)Nc2ccc(Oc3ccccc3)cc2)no1. The first kappa shape index (κ1) is 15.6. The number of para-hydroxylation sites is 1. The maximum Gasteiger partial charge on any atom is 0.243 e. The highest BCUT2D eigenvalue weighted by molar-refractivity contribution is 5.93. The average molecular weight is 323 g/mol. The van der Waals surface area contributed by atoms with Crippen molar-refractivity contribution in [1.29, 1.82) is 0 Å². The van der Waals surface area contributed by atoms with Crippen molar-refractivity contribution in [2.45, 2.75) is 6.92 Å². The molecule has 0 saturated carbocycles. The van der Waals surface area contributed by atoms with Gasteiger partial charge in [0.2, 0.25) is 5.91 Å². The molecule has 1 amide bonds. The van der Waals surface area contributed by atoms with Crippen LogP contribution in [0, 0.1) is 6.92 Å². The molecule has 3 rings (SSSR count). The second-order valence-corrected chi connectivity index (χ2v) is 5.16. The molecular weight excluding hydrogens is 306 g/mol. The van der Waals surface area contributed by atoms with E-state index >= 15 is 0 Å². The first-order valence-electron chi connectivity index (χ1n) is 7.49. The summed E-state index contributed by atoms with van der Waals surface area (Å²) >= 11 is 0. The minimum atomic E-state index is -0.174. The Kier molecular flexibility index (Phi) is 4.76. The van der Waals surface area contributed by atoms with Gasteiger partial charge in [0, 0.05) is 11.8 Å². The number of anilines is 2. The molecule has 0 aliphatic heterocycles. The number of ether oxygens (including phenoxy) is 1. The Hall–Kier alpha value is -3.28. The quantitative estimate of drug-likeness (QED) is 0.721. The van der Waals surface area contributed by atoms with E-state index in [0.29, 0.717) is 23.0 Å². The molecule has 1 heterocycles. The van der Waals surface area contributed by atoms with Gasteiger partial charge in [-0.2, -0.15) is 0 Å². The van der Waals surface area contributed by atoms with Crippen molar-refractivity contribution < 1.29 is 14.1 Å². The van der Waals surface area contributed by atoms with Crippen molar-refractivity contribution in [3.05, 3.63) is 66.4 Å². The van der Waals surface area contributed by atoms with Crippen LogP contribution in [0.5, 0.6) is 11.5 Å². The van der Waals surface area contributed by atoms with Gasteiger partial charge in [0.15, 0.2) is 5.82 Å². The molecule has 1 aromatic heterocycles. The van der Waals surface area contributed by atoms with E-state index in [1.807, 2.05) is 30.3 Å². The van der Waals surface area contributed by atoms with E-state index in [-0.39, 0.29) is 12.5 Å². The first-order chi connectivity index (χ1) is 11.7. The van der Waals surface area contributed by atoms with E-state index in [1.165, 1.54) is 0 Å². The Balaban J connectivity index is 1.51. The largest absolute Gasteiger partial charge is 0.457 e. The van der Waals surface area contributed by atoms with Crippen LogP contribution >= 0.6 is 0 Å².